The van der Waals surface area contributed by atoms with Crippen molar-refractivity contribution >= 4 is 10.0 Å². The van der Waals surface area contributed by atoms with Gasteiger partial charge in [0.2, 0.25) is 10.0 Å². The third-order valence-corrected chi connectivity index (χ3v) is 5.13. The molecule has 6 heteroatoms. The Morgan fingerprint density at radius 1 is 1.15 bits per heavy atom. The first-order valence-electron chi connectivity index (χ1n) is 6.05. The zero-order chi connectivity index (χ0) is 14.2. The number of benzene rings is 1. The van der Waals surface area contributed by atoms with Gasteiger partial charge < -0.3 is 0 Å². The van der Waals surface area contributed by atoms with Crippen LogP contribution in [0.4, 0.5) is 0 Å². The molecule has 100 valence electrons. The van der Waals surface area contributed by atoms with Crippen LogP contribution in [-0.2, 0) is 23.1 Å². The molecule has 2 heterocycles. The van der Waals surface area contributed by atoms with E-state index in [4.69, 9.17) is 5.26 Å². The molecule has 0 saturated heterocycles. The lowest BCUT2D eigenvalue weighted by atomic mass is 10.2. The number of sulfonamides is 1. The Kier molecular flexibility index (Phi) is 3.01. The predicted octanol–water partition coefficient (Wildman–Crippen LogP) is 1.66. The molecular weight excluding hydrogens is 274 g/mol. The first-order valence-corrected chi connectivity index (χ1v) is 7.49. The molecule has 0 radical (unpaired) electrons. The van der Waals surface area contributed by atoms with E-state index < -0.39 is 10.0 Å². The van der Waals surface area contributed by atoms with E-state index in [1.54, 1.807) is 24.4 Å². The summed E-state index contributed by atoms with van der Waals surface area (Å²) < 4.78 is 26.6. The molecule has 0 unspecified atom stereocenters. The smallest absolute Gasteiger partial charge is 0.245 e. The van der Waals surface area contributed by atoms with Crippen LogP contribution >= 0.6 is 0 Å². The summed E-state index contributed by atoms with van der Waals surface area (Å²) in [5, 5.41) is 9.05. The third-order valence-electron chi connectivity index (χ3n) is 3.28. The van der Waals surface area contributed by atoms with Gasteiger partial charge in [0, 0.05) is 12.7 Å². The molecule has 0 amide bonds. The SMILES string of the molecule is N#Cc1ccccc1S(=O)(=O)N1Cc2cccnc2C1. The fraction of sp³-hybridized carbons (Fsp3) is 0.143. The molecule has 0 aliphatic carbocycles. The molecule has 3 rings (SSSR count). The fourth-order valence-corrected chi connectivity index (χ4v) is 3.79. The van der Waals surface area contributed by atoms with Crippen LogP contribution in [-0.4, -0.2) is 17.7 Å². The predicted molar refractivity (Wildman–Crippen MR) is 71.8 cm³/mol. The van der Waals surface area contributed by atoms with Gasteiger partial charge in [0.25, 0.3) is 0 Å². The largest absolute Gasteiger partial charge is 0.260 e. The minimum atomic E-state index is -3.68. The average molecular weight is 285 g/mol. The molecule has 0 bridgehead atoms. The monoisotopic (exact) mass is 285 g/mol. The maximum Gasteiger partial charge on any atom is 0.245 e. The van der Waals surface area contributed by atoms with Crippen molar-refractivity contribution in [1.82, 2.24) is 9.29 Å². The van der Waals surface area contributed by atoms with Gasteiger partial charge in [-0.3, -0.25) is 4.98 Å². The van der Waals surface area contributed by atoms with Crippen LogP contribution in [0.15, 0.2) is 47.5 Å². The Morgan fingerprint density at radius 3 is 2.70 bits per heavy atom. The van der Waals surface area contributed by atoms with Gasteiger partial charge in [-0.15, -0.1) is 0 Å². The molecular formula is C14H11N3O2S. The number of nitriles is 1. The van der Waals surface area contributed by atoms with Crippen molar-refractivity contribution in [3.05, 3.63) is 59.4 Å². The summed E-state index contributed by atoms with van der Waals surface area (Å²) >= 11 is 0. The van der Waals surface area contributed by atoms with E-state index in [1.165, 1.54) is 16.4 Å². The van der Waals surface area contributed by atoms with Crippen LogP contribution in [0.3, 0.4) is 0 Å². The lowest BCUT2D eigenvalue weighted by Gasteiger charge is -2.16. The van der Waals surface area contributed by atoms with Crippen molar-refractivity contribution in [2.45, 2.75) is 18.0 Å². The normalized spacial score (nSPS) is 14.8. The maximum atomic E-state index is 12.6. The molecule has 5 nitrogen and oxygen atoms in total. The van der Waals surface area contributed by atoms with Gasteiger partial charge in [-0.25, -0.2) is 8.42 Å². The Morgan fingerprint density at radius 2 is 1.95 bits per heavy atom. The van der Waals surface area contributed by atoms with Crippen LogP contribution < -0.4 is 0 Å². The summed E-state index contributed by atoms with van der Waals surface area (Å²) in [5.41, 5.74) is 1.84. The zero-order valence-electron chi connectivity index (χ0n) is 10.5. The first kappa shape index (κ1) is 12.8. The Labute approximate surface area is 117 Å². The summed E-state index contributed by atoms with van der Waals surface area (Å²) in [4.78, 5) is 4.24. The van der Waals surface area contributed by atoms with Crippen LogP contribution in [0.25, 0.3) is 0 Å². The molecule has 1 aromatic carbocycles. The summed E-state index contributed by atoms with van der Waals surface area (Å²) in [6.07, 6.45) is 1.65. The molecule has 0 N–H and O–H groups in total. The quantitative estimate of drug-likeness (QED) is 0.841. The minimum Gasteiger partial charge on any atom is -0.260 e. The van der Waals surface area contributed by atoms with Crippen molar-refractivity contribution in [3.8, 4) is 6.07 Å². The summed E-state index contributed by atoms with van der Waals surface area (Å²) in [7, 11) is -3.68. The fourth-order valence-electron chi connectivity index (χ4n) is 2.26. The van der Waals surface area contributed by atoms with E-state index in [0.29, 0.717) is 6.54 Å². The maximum absolute atomic E-state index is 12.6. The average Bonchev–Trinajstić information content (AvgIpc) is 2.92. The zero-order valence-corrected chi connectivity index (χ0v) is 11.3. The standard InChI is InChI=1S/C14H11N3O2S/c15-8-11-4-1-2-6-14(11)20(18,19)17-9-12-5-3-7-16-13(12)10-17/h1-7H,9-10H2. The van der Waals surface area contributed by atoms with Crippen LogP contribution in [0.1, 0.15) is 16.8 Å². The highest BCUT2D eigenvalue weighted by molar-refractivity contribution is 7.89. The van der Waals surface area contributed by atoms with Crippen LogP contribution in [0.2, 0.25) is 0 Å². The van der Waals surface area contributed by atoms with E-state index in [-0.39, 0.29) is 17.0 Å². The summed E-state index contributed by atoms with van der Waals surface area (Å²) in [6, 6.07) is 11.8. The van der Waals surface area contributed by atoms with E-state index >= 15 is 0 Å². The van der Waals surface area contributed by atoms with Crippen molar-refractivity contribution in [1.29, 1.82) is 5.26 Å². The molecule has 1 aliphatic rings. The second-order valence-corrected chi connectivity index (χ2v) is 6.40. The Hall–Kier alpha value is -2.23. The second kappa shape index (κ2) is 4.71. The number of nitrogens with zero attached hydrogens (tertiary/aromatic N) is 3. The van der Waals surface area contributed by atoms with Gasteiger partial charge in [0.05, 0.1) is 22.7 Å². The van der Waals surface area contributed by atoms with Gasteiger partial charge in [-0.1, -0.05) is 18.2 Å². The summed E-state index contributed by atoms with van der Waals surface area (Å²) in [6.45, 7) is 0.545. The second-order valence-electron chi connectivity index (χ2n) is 4.49. The van der Waals surface area contributed by atoms with Gasteiger partial charge in [-0.2, -0.15) is 9.57 Å². The summed E-state index contributed by atoms with van der Waals surface area (Å²) in [5.74, 6) is 0. The topological polar surface area (TPSA) is 74.1 Å². The highest BCUT2D eigenvalue weighted by atomic mass is 32.2. The van der Waals surface area contributed by atoms with Gasteiger partial charge in [0.15, 0.2) is 0 Å². The van der Waals surface area contributed by atoms with Crippen LogP contribution in [0.5, 0.6) is 0 Å². The lowest BCUT2D eigenvalue weighted by Crippen LogP contribution is -2.26. The molecule has 20 heavy (non-hydrogen) atoms. The van der Waals surface area contributed by atoms with Crippen LogP contribution in [0, 0.1) is 11.3 Å². The molecule has 0 fully saturated rings. The highest BCUT2D eigenvalue weighted by Crippen LogP contribution is 2.28. The molecule has 1 aliphatic heterocycles. The Bertz CT molecular complexity index is 784. The van der Waals surface area contributed by atoms with E-state index in [1.807, 2.05) is 12.1 Å². The molecule has 1 aromatic heterocycles. The first-order chi connectivity index (χ1) is 9.63. The van der Waals surface area contributed by atoms with E-state index in [0.717, 1.165) is 11.3 Å². The van der Waals surface area contributed by atoms with Crippen molar-refractivity contribution in [2.75, 3.05) is 0 Å². The van der Waals surface area contributed by atoms with Gasteiger partial charge in [0.1, 0.15) is 6.07 Å². The number of pyridine rings is 1. The van der Waals surface area contributed by atoms with Crippen molar-refractivity contribution in [3.63, 3.8) is 0 Å². The minimum absolute atomic E-state index is 0.0512. The van der Waals surface area contributed by atoms with Gasteiger partial charge in [-0.05, 0) is 23.8 Å². The van der Waals surface area contributed by atoms with Crippen molar-refractivity contribution < 1.29 is 8.42 Å². The van der Waals surface area contributed by atoms with E-state index in [9.17, 15) is 8.42 Å². The van der Waals surface area contributed by atoms with Crippen molar-refractivity contribution in [2.24, 2.45) is 0 Å². The number of fused-ring (bicyclic) bond motifs is 1. The number of rotatable bonds is 2. The molecule has 2 aromatic rings. The highest BCUT2D eigenvalue weighted by Gasteiger charge is 2.32. The molecule has 0 saturated carbocycles. The number of hydrogen-bond donors (Lipinski definition) is 0. The molecule has 0 spiro atoms. The number of hydrogen-bond acceptors (Lipinski definition) is 4. The lowest BCUT2D eigenvalue weighted by molar-refractivity contribution is 0.429. The molecule has 0 atom stereocenters. The van der Waals surface area contributed by atoms with Gasteiger partial charge >= 0.3 is 0 Å². The Balaban J connectivity index is 2.02. The van der Waals surface area contributed by atoms with E-state index in [2.05, 4.69) is 4.98 Å². The third kappa shape index (κ3) is 1.97. The number of aromatic nitrogens is 1.